The number of allylic oxidation sites excluding steroid dienone is 1. The van der Waals surface area contributed by atoms with Gasteiger partial charge in [-0.3, -0.25) is 4.79 Å². The largest absolute Gasteiger partial charge is 0.373 e. The number of aldehydes is 1. The highest BCUT2D eigenvalue weighted by Gasteiger charge is 1.74. The zero-order valence-electron chi connectivity index (χ0n) is 5.25. The molecule has 0 saturated heterocycles. The molecule has 0 fully saturated rings. The standard InChI is InChI=1S/C7H10O2/c1-2-6-9-7-4-3-5-8/h2-5H,1,6-7H2/b4-3+. The molecule has 0 amide bonds. The molecular formula is C7H10O2. The maximum atomic E-state index is 9.68. The van der Waals surface area contributed by atoms with E-state index >= 15 is 0 Å². The summed E-state index contributed by atoms with van der Waals surface area (Å²) in [5.74, 6) is 0. The minimum absolute atomic E-state index is 0.477. The lowest BCUT2D eigenvalue weighted by Crippen LogP contribution is -1.88. The van der Waals surface area contributed by atoms with Gasteiger partial charge >= 0.3 is 0 Å². The zero-order valence-corrected chi connectivity index (χ0v) is 5.25. The molecule has 0 heterocycles. The lowest BCUT2D eigenvalue weighted by molar-refractivity contribution is -0.104. The van der Waals surface area contributed by atoms with Crippen molar-refractivity contribution in [3.8, 4) is 0 Å². The van der Waals surface area contributed by atoms with Gasteiger partial charge in [-0.2, -0.15) is 0 Å². The van der Waals surface area contributed by atoms with E-state index in [0.717, 1.165) is 6.29 Å². The fraction of sp³-hybridized carbons (Fsp3) is 0.286. The number of ether oxygens (including phenoxy) is 1. The van der Waals surface area contributed by atoms with Gasteiger partial charge in [0, 0.05) is 0 Å². The van der Waals surface area contributed by atoms with Crippen LogP contribution in [0.2, 0.25) is 0 Å². The van der Waals surface area contributed by atoms with Crippen molar-refractivity contribution in [1.29, 1.82) is 0 Å². The molecule has 9 heavy (non-hydrogen) atoms. The Hall–Kier alpha value is -0.890. The Morgan fingerprint density at radius 3 is 2.78 bits per heavy atom. The number of carbonyl (C=O) groups is 1. The molecule has 0 spiro atoms. The van der Waals surface area contributed by atoms with E-state index in [2.05, 4.69) is 6.58 Å². The summed E-state index contributed by atoms with van der Waals surface area (Å²) in [6, 6.07) is 0. The Bertz CT molecular complexity index is 105. The third-order valence-corrected chi connectivity index (χ3v) is 0.664. The molecule has 0 atom stereocenters. The lowest BCUT2D eigenvalue weighted by Gasteiger charge is -1.90. The molecular weight excluding hydrogens is 116 g/mol. The van der Waals surface area contributed by atoms with Gasteiger partial charge in [0.25, 0.3) is 0 Å². The maximum absolute atomic E-state index is 9.68. The first kappa shape index (κ1) is 8.11. The Balaban J connectivity index is 2.98. The summed E-state index contributed by atoms with van der Waals surface area (Å²) in [5.41, 5.74) is 0. The molecule has 0 saturated carbocycles. The molecule has 2 nitrogen and oxygen atoms in total. The Morgan fingerprint density at radius 1 is 1.44 bits per heavy atom. The normalized spacial score (nSPS) is 9.78. The number of carbonyl (C=O) groups excluding carboxylic acids is 1. The van der Waals surface area contributed by atoms with Crippen LogP contribution in [0.25, 0.3) is 0 Å². The highest BCUT2D eigenvalue weighted by molar-refractivity contribution is 5.64. The summed E-state index contributed by atoms with van der Waals surface area (Å²) in [7, 11) is 0. The quantitative estimate of drug-likeness (QED) is 0.237. The summed E-state index contributed by atoms with van der Waals surface area (Å²) in [6.45, 7) is 4.47. The topological polar surface area (TPSA) is 26.3 Å². The second-order valence-electron chi connectivity index (χ2n) is 1.39. The van der Waals surface area contributed by atoms with Gasteiger partial charge in [0.1, 0.15) is 6.29 Å². The molecule has 0 aliphatic heterocycles. The van der Waals surface area contributed by atoms with Crippen molar-refractivity contribution in [2.45, 2.75) is 0 Å². The van der Waals surface area contributed by atoms with Gasteiger partial charge in [0.15, 0.2) is 0 Å². The molecule has 0 aromatic heterocycles. The van der Waals surface area contributed by atoms with Crippen molar-refractivity contribution in [1.82, 2.24) is 0 Å². The van der Waals surface area contributed by atoms with E-state index in [1.54, 1.807) is 12.2 Å². The summed E-state index contributed by atoms with van der Waals surface area (Å²) >= 11 is 0. The van der Waals surface area contributed by atoms with Gasteiger partial charge in [-0.1, -0.05) is 12.2 Å². The third kappa shape index (κ3) is 7.11. The molecule has 0 unspecified atom stereocenters. The smallest absolute Gasteiger partial charge is 0.142 e. The average molecular weight is 126 g/mol. The van der Waals surface area contributed by atoms with E-state index in [0.29, 0.717) is 13.2 Å². The van der Waals surface area contributed by atoms with Gasteiger partial charge < -0.3 is 4.74 Å². The summed E-state index contributed by atoms with van der Waals surface area (Å²) < 4.78 is 4.92. The van der Waals surface area contributed by atoms with Crippen molar-refractivity contribution in [3.63, 3.8) is 0 Å². The Labute approximate surface area is 54.8 Å². The first-order valence-electron chi connectivity index (χ1n) is 2.70. The lowest BCUT2D eigenvalue weighted by atomic mass is 10.5. The van der Waals surface area contributed by atoms with Crippen LogP contribution in [0.3, 0.4) is 0 Å². The fourth-order valence-electron chi connectivity index (χ4n) is 0.331. The highest BCUT2D eigenvalue weighted by Crippen LogP contribution is 1.75. The number of hydrogen-bond acceptors (Lipinski definition) is 2. The van der Waals surface area contributed by atoms with Crippen molar-refractivity contribution in [3.05, 3.63) is 24.8 Å². The van der Waals surface area contributed by atoms with Crippen molar-refractivity contribution < 1.29 is 9.53 Å². The number of hydrogen-bond donors (Lipinski definition) is 0. The molecule has 0 aliphatic carbocycles. The van der Waals surface area contributed by atoms with E-state index < -0.39 is 0 Å². The van der Waals surface area contributed by atoms with Crippen LogP contribution >= 0.6 is 0 Å². The molecule has 50 valence electrons. The third-order valence-electron chi connectivity index (χ3n) is 0.664. The van der Waals surface area contributed by atoms with Gasteiger partial charge in [-0.25, -0.2) is 0 Å². The SMILES string of the molecule is C=CCOC/C=C/C=O. The first-order chi connectivity index (χ1) is 4.41. The van der Waals surface area contributed by atoms with Crippen LogP contribution in [-0.4, -0.2) is 19.5 Å². The fourth-order valence-corrected chi connectivity index (χ4v) is 0.331. The summed E-state index contributed by atoms with van der Waals surface area (Å²) in [5, 5.41) is 0. The van der Waals surface area contributed by atoms with Crippen molar-refractivity contribution in [2.24, 2.45) is 0 Å². The predicted molar refractivity (Wildman–Crippen MR) is 36.2 cm³/mol. The van der Waals surface area contributed by atoms with Crippen LogP contribution in [0.15, 0.2) is 24.8 Å². The molecule has 2 heteroatoms. The minimum Gasteiger partial charge on any atom is -0.373 e. The van der Waals surface area contributed by atoms with Crippen LogP contribution in [0, 0.1) is 0 Å². The molecule has 0 aliphatic rings. The Kier molecular flexibility index (Phi) is 6.41. The van der Waals surface area contributed by atoms with Gasteiger partial charge in [0.2, 0.25) is 0 Å². The van der Waals surface area contributed by atoms with Gasteiger partial charge in [0.05, 0.1) is 13.2 Å². The highest BCUT2D eigenvalue weighted by atomic mass is 16.5. The van der Waals surface area contributed by atoms with Gasteiger partial charge in [-0.15, -0.1) is 6.58 Å². The Morgan fingerprint density at radius 2 is 2.22 bits per heavy atom. The number of rotatable bonds is 5. The average Bonchev–Trinajstić information content (AvgIpc) is 1.89. The molecule has 0 aromatic rings. The van der Waals surface area contributed by atoms with Crippen LogP contribution in [0.4, 0.5) is 0 Å². The molecule has 0 aromatic carbocycles. The van der Waals surface area contributed by atoms with E-state index in [-0.39, 0.29) is 0 Å². The van der Waals surface area contributed by atoms with E-state index in [9.17, 15) is 4.79 Å². The van der Waals surface area contributed by atoms with Crippen LogP contribution < -0.4 is 0 Å². The van der Waals surface area contributed by atoms with Gasteiger partial charge in [-0.05, 0) is 6.08 Å². The second-order valence-corrected chi connectivity index (χ2v) is 1.39. The molecule has 0 radical (unpaired) electrons. The predicted octanol–water partition coefficient (Wildman–Crippen LogP) is 0.944. The summed E-state index contributed by atoms with van der Waals surface area (Å²) in [4.78, 5) is 9.68. The maximum Gasteiger partial charge on any atom is 0.142 e. The molecule has 0 N–H and O–H groups in total. The van der Waals surface area contributed by atoms with E-state index in [1.165, 1.54) is 6.08 Å². The minimum atomic E-state index is 0.477. The second kappa shape index (κ2) is 7.11. The molecule has 0 bridgehead atoms. The first-order valence-corrected chi connectivity index (χ1v) is 2.70. The summed E-state index contributed by atoms with van der Waals surface area (Å²) in [6.07, 6.45) is 5.44. The van der Waals surface area contributed by atoms with E-state index in [4.69, 9.17) is 4.74 Å². The van der Waals surface area contributed by atoms with Crippen molar-refractivity contribution in [2.75, 3.05) is 13.2 Å². The zero-order chi connectivity index (χ0) is 6.95. The van der Waals surface area contributed by atoms with Crippen LogP contribution in [-0.2, 0) is 9.53 Å². The van der Waals surface area contributed by atoms with Crippen molar-refractivity contribution >= 4 is 6.29 Å². The van der Waals surface area contributed by atoms with Crippen LogP contribution in [0.1, 0.15) is 0 Å². The molecule has 0 rings (SSSR count). The monoisotopic (exact) mass is 126 g/mol. The van der Waals surface area contributed by atoms with Crippen LogP contribution in [0.5, 0.6) is 0 Å². The van der Waals surface area contributed by atoms with E-state index in [1.807, 2.05) is 0 Å².